The van der Waals surface area contributed by atoms with Crippen molar-refractivity contribution < 1.29 is 19.1 Å². The molecule has 2 aliphatic heterocycles. The maximum absolute atomic E-state index is 14.0. The van der Waals surface area contributed by atoms with Crippen LogP contribution in [0.5, 0.6) is 5.75 Å². The SMILES string of the molecule is C=C[C@H]1O[C@@]2(/C=C/CCBr)[C@H](C(=O)N(Cc3ccc(OC)cc3)[C@@H]2C(=O)NCc2ccccc2)[C@@H]1I. The molecule has 1 N–H and O–H groups in total. The largest absolute Gasteiger partial charge is 0.497 e. The number of nitrogens with zero attached hydrogens (tertiary/aromatic N) is 1. The molecule has 0 aliphatic carbocycles. The molecular weight excluding hydrogens is 635 g/mol. The third kappa shape index (κ3) is 5.26. The first kappa shape index (κ1) is 26.9. The molecule has 8 heteroatoms. The number of carbonyl (C=O) groups excluding carboxylic acids is 2. The molecule has 6 nitrogen and oxygen atoms in total. The minimum atomic E-state index is -1.09. The molecule has 0 saturated carbocycles. The van der Waals surface area contributed by atoms with E-state index in [-0.39, 0.29) is 21.8 Å². The van der Waals surface area contributed by atoms with Gasteiger partial charge < -0.3 is 19.7 Å². The number of halogens is 2. The van der Waals surface area contributed by atoms with Crippen LogP contribution in [0.3, 0.4) is 0 Å². The summed E-state index contributed by atoms with van der Waals surface area (Å²) >= 11 is 5.74. The number of hydrogen-bond donors (Lipinski definition) is 1. The van der Waals surface area contributed by atoms with Crippen LogP contribution in [0.1, 0.15) is 17.5 Å². The number of amides is 2. The van der Waals surface area contributed by atoms with E-state index >= 15 is 0 Å². The predicted octanol–water partition coefficient (Wildman–Crippen LogP) is 4.81. The summed E-state index contributed by atoms with van der Waals surface area (Å²) in [5.74, 6) is -0.0875. The van der Waals surface area contributed by atoms with Gasteiger partial charge in [0.05, 0.1) is 23.1 Å². The molecule has 2 aliphatic rings. The third-order valence-electron chi connectivity index (χ3n) is 6.70. The average Bonchev–Trinajstić information content (AvgIpc) is 3.31. The van der Waals surface area contributed by atoms with Crippen molar-refractivity contribution in [1.82, 2.24) is 10.2 Å². The second kappa shape index (κ2) is 11.9. The molecule has 0 spiro atoms. The number of ether oxygens (including phenoxy) is 2. The highest BCUT2D eigenvalue weighted by Gasteiger charge is 2.68. The summed E-state index contributed by atoms with van der Waals surface area (Å²) < 4.78 is 11.7. The quantitative estimate of drug-likeness (QED) is 0.225. The van der Waals surface area contributed by atoms with E-state index in [2.05, 4.69) is 50.4 Å². The van der Waals surface area contributed by atoms with Crippen LogP contribution in [0, 0.1) is 5.92 Å². The Bertz CT molecular complexity index is 1110. The number of alkyl halides is 2. The first-order valence-corrected chi connectivity index (χ1v) is 14.2. The van der Waals surface area contributed by atoms with Crippen molar-refractivity contribution in [2.45, 2.75) is 41.2 Å². The van der Waals surface area contributed by atoms with Crippen LogP contribution in [0.15, 0.2) is 79.4 Å². The van der Waals surface area contributed by atoms with E-state index in [1.54, 1.807) is 18.1 Å². The van der Waals surface area contributed by atoms with Crippen LogP contribution in [-0.4, -0.2) is 50.8 Å². The standard InChI is InChI=1S/C28H30BrIN2O4/c1-3-22-24(30)23-27(34)32(18-20-11-13-21(35-2)14-12-20)25(28(23,36-22)15-7-8-16-29)26(33)31-17-19-9-5-4-6-10-19/h3-7,9-15,22-25H,1,8,16-18H2,2H3,(H,31,33)/b15-7+/t22-,23+,24-,25-,28+/m1/s1. The molecule has 0 radical (unpaired) electrons. The molecule has 2 fully saturated rings. The summed E-state index contributed by atoms with van der Waals surface area (Å²) in [7, 11) is 1.62. The normalized spacial score (nSPS) is 27.3. The molecule has 2 amide bonds. The fourth-order valence-corrected chi connectivity index (χ4v) is 6.57. The van der Waals surface area contributed by atoms with E-state index in [9.17, 15) is 9.59 Å². The van der Waals surface area contributed by atoms with Crippen molar-refractivity contribution in [2.75, 3.05) is 12.4 Å². The Morgan fingerprint density at radius 3 is 2.58 bits per heavy atom. The number of rotatable bonds is 10. The zero-order valence-electron chi connectivity index (χ0n) is 20.1. The molecule has 5 atom stereocenters. The number of methoxy groups -OCH3 is 1. The Hall–Kier alpha value is -2.17. The van der Waals surface area contributed by atoms with E-state index < -0.39 is 17.6 Å². The van der Waals surface area contributed by atoms with Crippen LogP contribution < -0.4 is 10.1 Å². The second-order valence-electron chi connectivity index (χ2n) is 8.89. The third-order valence-corrected chi connectivity index (χ3v) is 8.59. The highest BCUT2D eigenvalue weighted by molar-refractivity contribution is 14.1. The average molecular weight is 665 g/mol. The summed E-state index contributed by atoms with van der Waals surface area (Å²) in [6.07, 6.45) is 6.09. The monoisotopic (exact) mass is 664 g/mol. The molecule has 0 bridgehead atoms. The molecule has 2 aromatic rings. The van der Waals surface area contributed by atoms with E-state index in [1.807, 2.05) is 66.7 Å². The van der Waals surface area contributed by atoms with Crippen molar-refractivity contribution in [2.24, 2.45) is 5.92 Å². The predicted molar refractivity (Wildman–Crippen MR) is 152 cm³/mol. The minimum absolute atomic E-state index is 0.0853. The van der Waals surface area contributed by atoms with Gasteiger partial charge in [0, 0.05) is 18.4 Å². The number of nitrogens with one attached hydrogen (secondary N) is 1. The van der Waals surface area contributed by atoms with E-state index in [0.717, 1.165) is 28.6 Å². The highest BCUT2D eigenvalue weighted by atomic mass is 127. The van der Waals surface area contributed by atoms with Crippen LogP contribution in [0.2, 0.25) is 0 Å². The Kier molecular flexibility index (Phi) is 8.90. The molecule has 36 heavy (non-hydrogen) atoms. The van der Waals surface area contributed by atoms with E-state index in [0.29, 0.717) is 13.1 Å². The number of fused-ring (bicyclic) bond motifs is 1. The lowest BCUT2D eigenvalue weighted by Crippen LogP contribution is -2.55. The Balaban J connectivity index is 1.72. The zero-order chi connectivity index (χ0) is 25.7. The van der Waals surface area contributed by atoms with Gasteiger partial charge in [0.2, 0.25) is 11.8 Å². The van der Waals surface area contributed by atoms with Gasteiger partial charge in [0.25, 0.3) is 0 Å². The van der Waals surface area contributed by atoms with Gasteiger partial charge in [-0.15, -0.1) is 6.58 Å². The molecule has 0 unspecified atom stereocenters. The van der Waals surface area contributed by atoms with E-state index in [1.165, 1.54) is 0 Å². The maximum atomic E-state index is 14.0. The summed E-state index contributed by atoms with van der Waals surface area (Å²) in [4.78, 5) is 29.5. The molecular formula is C28H30BrIN2O4. The first-order valence-electron chi connectivity index (χ1n) is 11.9. The summed E-state index contributed by atoms with van der Waals surface area (Å²) in [6, 6.07) is 16.5. The molecule has 2 heterocycles. The minimum Gasteiger partial charge on any atom is -0.497 e. The number of carbonyl (C=O) groups is 2. The molecule has 2 saturated heterocycles. The van der Waals surface area contributed by atoms with Crippen molar-refractivity contribution in [3.8, 4) is 5.75 Å². The molecule has 190 valence electrons. The van der Waals surface area contributed by atoms with Crippen LogP contribution >= 0.6 is 38.5 Å². The van der Waals surface area contributed by atoms with Gasteiger partial charge in [-0.3, -0.25) is 9.59 Å². The van der Waals surface area contributed by atoms with Crippen molar-refractivity contribution in [1.29, 1.82) is 0 Å². The Labute approximate surface area is 234 Å². The Morgan fingerprint density at radius 1 is 1.22 bits per heavy atom. The summed E-state index contributed by atoms with van der Waals surface area (Å²) in [6.45, 7) is 4.58. The van der Waals surface area contributed by atoms with Crippen LogP contribution in [-0.2, 0) is 27.4 Å². The zero-order valence-corrected chi connectivity index (χ0v) is 23.9. The van der Waals surface area contributed by atoms with Gasteiger partial charge in [-0.25, -0.2) is 0 Å². The van der Waals surface area contributed by atoms with Gasteiger partial charge in [-0.1, -0.05) is 99.2 Å². The van der Waals surface area contributed by atoms with Crippen molar-refractivity contribution in [3.05, 3.63) is 90.5 Å². The fraction of sp³-hybridized carbons (Fsp3) is 0.357. The number of likely N-dealkylation sites (tertiary alicyclic amines) is 1. The fourth-order valence-electron chi connectivity index (χ4n) is 4.99. The van der Waals surface area contributed by atoms with Gasteiger partial charge in [-0.2, -0.15) is 0 Å². The van der Waals surface area contributed by atoms with Gasteiger partial charge in [0.15, 0.2) is 0 Å². The highest BCUT2D eigenvalue weighted by Crippen LogP contribution is 2.51. The van der Waals surface area contributed by atoms with Gasteiger partial charge in [-0.05, 0) is 29.7 Å². The topological polar surface area (TPSA) is 67.9 Å². The van der Waals surface area contributed by atoms with Crippen LogP contribution in [0.4, 0.5) is 0 Å². The lowest BCUT2D eigenvalue weighted by molar-refractivity contribution is -0.140. The lowest BCUT2D eigenvalue weighted by Gasteiger charge is -2.34. The van der Waals surface area contributed by atoms with Gasteiger partial charge in [0.1, 0.15) is 17.4 Å². The summed E-state index contributed by atoms with van der Waals surface area (Å²) in [5.41, 5.74) is 0.812. The van der Waals surface area contributed by atoms with Crippen LogP contribution in [0.25, 0.3) is 0 Å². The Morgan fingerprint density at radius 2 is 1.94 bits per heavy atom. The summed E-state index contributed by atoms with van der Waals surface area (Å²) in [5, 5.41) is 3.84. The van der Waals surface area contributed by atoms with Crippen molar-refractivity contribution >= 4 is 50.3 Å². The second-order valence-corrected chi connectivity index (χ2v) is 11.1. The first-order chi connectivity index (χ1) is 17.4. The van der Waals surface area contributed by atoms with E-state index in [4.69, 9.17) is 9.47 Å². The number of benzene rings is 2. The molecule has 0 aromatic heterocycles. The lowest BCUT2D eigenvalue weighted by atomic mass is 9.83. The van der Waals surface area contributed by atoms with Crippen molar-refractivity contribution in [3.63, 3.8) is 0 Å². The number of hydrogen-bond acceptors (Lipinski definition) is 4. The molecule has 4 rings (SSSR count). The number of allylic oxidation sites excluding steroid dienone is 1. The maximum Gasteiger partial charge on any atom is 0.246 e. The molecule has 2 aromatic carbocycles. The van der Waals surface area contributed by atoms with Gasteiger partial charge >= 0.3 is 0 Å². The smallest absolute Gasteiger partial charge is 0.246 e.